The summed E-state index contributed by atoms with van der Waals surface area (Å²) < 4.78 is 25.2. The van der Waals surface area contributed by atoms with Gasteiger partial charge in [-0.1, -0.05) is 13.8 Å². The van der Waals surface area contributed by atoms with E-state index in [9.17, 15) is 13.6 Å². The zero-order chi connectivity index (χ0) is 11.2. The minimum absolute atomic E-state index is 0.0305. The van der Waals surface area contributed by atoms with Gasteiger partial charge in [-0.3, -0.25) is 4.79 Å². The Kier molecular flexibility index (Phi) is 5.65. The standard InChI is InChI=1S/C8H13F2NO.C2H6/c1-6(12)11-5-7-2-3-8(9,10)4-7;1-2/h7H,2-5H2,1H3,(H,11,12);1-2H3. The van der Waals surface area contributed by atoms with Gasteiger partial charge in [-0.2, -0.15) is 0 Å². The molecule has 1 N–H and O–H groups in total. The van der Waals surface area contributed by atoms with Gasteiger partial charge in [-0.15, -0.1) is 0 Å². The van der Waals surface area contributed by atoms with E-state index in [1.165, 1.54) is 6.92 Å². The molecule has 1 aliphatic carbocycles. The fourth-order valence-corrected chi connectivity index (χ4v) is 1.50. The zero-order valence-electron chi connectivity index (χ0n) is 9.07. The van der Waals surface area contributed by atoms with Crippen molar-refractivity contribution < 1.29 is 13.6 Å². The van der Waals surface area contributed by atoms with Gasteiger partial charge in [0.05, 0.1) is 0 Å². The fourth-order valence-electron chi connectivity index (χ4n) is 1.50. The first kappa shape index (κ1) is 13.3. The Labute approximate surface area is 84.1 Å². The summed E-state index contributed by atoms with van der Waals surface area (Å²) in [4.78, 5) is 10.5. The van der Waals surface area contributed by atoms with Crippen molar-refractivity contribution in [2.45, 2.75) is 46.0 Å². The summed E-state index contributed by atoms with van der Waals surface area (Å²) in [5.41, 5.74) is 0. The van der Waals surface area contributed by atoms with Crippen LogP contribution in [-0.4, -0.2) is 18.4 Å². The Hall–Kier alpha value is -0.670. The average Bonchev–Trinajstić information content (AvgIpc) is 2.46. The van der Waals surface area contributed by atoms with Gasteiger partial charge in [0.1, 0.15) is 0 Å². The van der Waals surface area contributed by atoms with Crippen LogP contribution in [0, 0.1) is 5.92 Å². The van der Waals surface area contributed by atoms with Crippen molar-refractivity contribution >= 4 is 5.91 Å². The summed E-state index contributed by atoms with van der Waals surface area (Å²) in [6, 6.07) is 0. The van der Waals surface area contributed by atoms with Crippen LogP contribution in [0.15, 0.2) is 0 Å². The van der Waals surface area contributed by atoms with Crippen LogP contribution in [-0.2, 0) is 4.79 Å². The predicted molar refractivity (Wildman–Crippen MR) is 52.3 cm³/mol. The molecular formula is C10H19F2NO. The number of hydrogen-bond donors (Lipinski definition) is 1. The van der Waals surface area contributed by atoms with Gasteiger partial charge in [0, 0.05) is 26.3 Å². The molecule has 1 fully saturated rings. The van der Waals surface area contributed by atoms with Crippen LogP contribution in [0.5, 0.6) is 0 Å². The number of carbonyl (C=O) groups excluding carboxylic acids is 1. The number of rotatable bonds is 2. The minimum Gasteiger partial charge on any atom is -0.356 e. The molecule has 0 saturated heterocycles. The maximum Gasteiger partial charge on any atom is 0.248 e. The first-order valence-corrected chi connectivity index (χ1v) is 5.12. The maximum atomic E-state index is 12.6. The van der Waals surface area contributed by atoms with E-state index >= 15 is 0 Å². The Balaban J connectivity index is 0.000000791. The van der Waals surface area contributed by atoms with Gasteiger partial charge in [0.15, 0.2) is 0 Å². The van der Waals surface area contributed by atoms with Crippen molar-refractivity contribution in [1.82, 2.24) is 5.32 Å². The summed E-state index contributed by atoms with van der Waals surface area (Å²) in [5.74, 6) is -2.68. The first-order valence-electron chi connectivity index (χ1n) is 5.12. The third kappa shape index (κ3) is 5.14. The summed E-state index contributed by atoms with van der Waals surface area (Å²) in [7, 11) is 0. The van der Waals surface area contributed by atoms with Crippen LogP contribution in [0.2, 0.25) is 0 Å². The van der Waals surface area contributed by atoms with Crippen LogP contribution >= 0.6 is 0 Å². The SMILES string of the molecule is CC.CC(=O)NCC1CCC(F)(F)C1. The number of alkyl halides is 2. The summed E-state index contributed by atoms with van der Waals surface area (Å²) in [5, 5.41) is 2.55. The summed E-state index contributed by atoms with van der Waals surface area (Å²) in [6.45, 7) is 5.79. The Morgan fingerprint density at radius 2 is 2.07 bits per heavy atom. The van der Waals surface area contributed by atoms with E-state index in [1.54, 1.807) is 0 Å². The quantitative estimate of drug-likeness (QED) is 0.740. The topological polar surface area (TPSA) is 29.1 Å². The van der Waals surface area contributed by atoms with Crippen molar-refractivity contribution in [2.24, 2.45) is 5.92 Å². The second-order valence-corrected chi connectivity index (χ2v) is 3.40. The van der Waals surface area contributed by atoms with Crippen molar-refractivity contribution in [3.63, 3.8) is 0 Å². The van der Waals surface area contributed by atoms with E-state index in [2.05, 4.69) is 5.32 Å². The molecular weight excluding hydrogens is 188 g/mol. The second kappa shape index (κ2) is 5.94. The summed E-state index contributed by atoms with van der Waals surface area (Å²) in [6.07, 6.45) is 0.414. The highest BCUT2D eigenvalue weighted by Gasteiger charge is 2.39. The molecule has 1 unspecified atom stereocenters. The summed E-state index contributed by atoms with van der Waals surface area (Å²) >= 11 is 0. The Morgan fingerprint density at radius 1 is 1.50 bits per heavy atom. The minimum atomic E-state index is -2.50. The maximum absolute atomic E-state index is 12.6. The molecule has 14 heavy (non-hydrogen) atoms. The Morgan fingerprint density at radius 3 is 2.43 bits per heavy atom. The molecule has 1 rings (SSSR count). The van der Waals surface area contributed by atoms with Crippen LogP contribution in [0.1, 0.15) is 40.0 Å². The molecule has 1 amide bonds. The monoisotopic (exact) mass is 207 g/mol. The number of amides is 1. The van der Waals surface area contributed by atoms with Gasteiger partial charge in [0.25, 0.3) is 0 Å². The molecule has 1 aliphatic rings. The average molecular weight is 207 g/mol. The van der Waals surface area contributed by atoms with E-state index in [-0.39, 0.29) is 24.7 Å². The first-order chi connectivity index (χ1) is 6.49. The van der Waals surface area contributed by atoms with Crippen LogP contribution in [0.25, 0.3) is 0 Å². The molecule has 2 nitrogen and oxygen atoms in total. The van der Waals surface area contributed by atoms with Gasteiger partial charge >= 0.3 is 0 Å². The third-order valence-electron chi connectivity index (χ3n) is 2.15. The lowest BCUT2D eigenvalue weighted by Crippen LogP contribution is -2.26. The molecule has 0 radical (unpaired) electrons. The number of hydrogen-bond acceptors (Lipinski definition) is 1. The zero-order valence-corrected chi connectivity index (χ0v) is 9.07. The third-order valence-corrected chi connectivity index (χ3v) is 2.15. The smallest absolute Gasteiger partial charge is 0.248 e. The lowest BCUT2D eigenvalue weighted by Gasteiger charge is -2.10. The fraction of sp³-hybridized carbons (Fsp3) is 0.900. The largest absolute Gasteiger partial charge is 0.356 e. The van der Waals surface area contributed by atoms with Gasteiger partial charge in [0.2, 0.25) is 11.8 Å². The highest BCUT2D eigenvalue weighted by atomic mass is 19.3. The molecule has 0 bridgehead atoms. The van der Waals surface area contributed by atoms with Gasteiger partial charge < -0.3 is 5.32 Å². The molecule has 1 saturated carbocycles. The van der Waals surface area contributed by atoms with Crippen molar-refractivity contribution in [3.8, 4) is 0 Å². The van der Waals surface area contributed by atoms with E-state index in [0.717, 1.165) is 0 Å². The van der Waals surface area contributed by atoms with Crippen LogP contribution in [0.4, 0.5) is 8.78 Å². The normalized spacial score (nSPS) is 23.6. The highest BCUT2D eigenvalue weighted by Crippen LogP contribution is 2.38. The van der Waals surface area contributed by atoms with E-state index in [4.69, 9.17) is 0 Å². The van der Waals surface area contributed by atoms with E-state index < -0.39 is 5.92 Å². The molecule has 0 aromatic carbocycles. The Bertz CT molecular complexity index is 183. The van der Waals surface area contributed by atoms with E-state index in [1.807, 2.05) is 13.8 Å². The molecule has 0 aromatic heterocycles. The van der Waals surface area contributed by atoms with Crippen molar-refractivity contribution in [1.29, 1.82) is 0 Å². The van der Waals surface area contributed by atoms with Crippen molar-refractivity contribution in [2.75, 3.05) is 6.54 Å². The molecule has 4 heteroatoms. The van der Waals surface area contributed by atoms with Crippen molar-refractivity contribution in [3.05, 3.63) is 0 Å². The molecule has 0 spiro atoms. The lowest BCUT2D eigenvalue weighted by atomic mass is 10.1. The number of carbonyl (C=O) groups is 1. The molecule has 0 aliphatic heterocycles. The molecule has 0 heterocycles. The predicted octanol–water partition coefficient (Wildman–Crippen LogP) is 2.58. The number of nitrogens with one attached hydrogen (secondary N) is 1. The highest BCUT2D eigenvalue weighted by molar-refractivity contribution is 5.72. The van der Waals surface area contributed by atoms with Gasteiger partial charge in [-0.05, 0) is 12.3 Å². The van der Waals surface area contributed by atoms with Gasteiger partial charge in [-0.25, -0.2) is 8.78 Å². The van der Waals surface area contributed by atoms with Crippen LogP contribution < -0.4 is 5.32 Å². The molecule has 1 atom stereocenters. The molecule has 0 aromatic rings. The second-order valence-electron chi connectivity index (χ2n) is 3.40. The van der Waals surface area contributed by atoms with E-state index in [0.29, 0.717) is 13.0 Å². The molecule has 84 valence electrons. The van der Waals surface area contributed by atoms with Crippen LogP contribution in [0.3, 0.4) is 0 Å². The number of halogens is 2. The lowest BCUT2D eigenvalue weighted by molar-refractivity contribution is -0.119.